The van der Waals surface area contributed by atoms with Crippen molar-refractivity contribution in [1.29, 1.82) is 0 Å². The number of thioether (sulfide) groups is 1. The topological polar surface area (TPSA) is 85.8 Å². The van der Waals surface area contributed by atoms with Crippen molar-refractivity contribution in [2.75, 3.05) is 11.6 Å². The van der Waals surface area contributed by atoms with Crippen LogP contribution in [0.4, 0.5) is 0 Å². The second kappa shape index (κ2) is 6.07. The zero-order valence-electron chi connectivity index (χ0n) is 10.7. The summed E-state index contributed by atoms with van der Waals surface area (Å²) in [6.45, 7) is 3.84. The zero-order valence-corrected chi connectivity index (χ0v) is 12.3. The van der Waals surface area contributed by atoms with E-state index in [0.29, 0.717) is 11.0 Å². The quantitative estimate of drug-likeness (QED) is 0.642. The molecule has 0 saturated carbocycles. The third-order valence-corrected chi connectivity index (χ3v) is 4.00. The Kier molecular flexibility index (Phi) is 4.43. The lowest BCUT2D eigenvalue weighted by atomic mass is 10.4. The minimum atomic E-state index is -0.0410. The molecular formula is C11H15N5OS2. The number of carbonyl (C=O) groups is 1. The molecule has 19 heavy (non-hydrogen) atoms. The van der Waals surface area contributed by atoms with Crippen LogP contribution < -0.4 is 11.2 Å². The Bertz CT molecular complexity index is 549. The van der Waals surface area contributed by atoms with Gasteiger partial charge in [0.05, 0.1) is 10.6 Å². The lowest BCUT2D eigenvalue weighted by Crippen LogP contribution is -2.31. The Morgan fingerprint density at radius 3 is 3.00 bits per heavy atom. The number of thiophene rings is 1. The maximum atomic E-state index is 11.5. The highest BCUT2D eigenvalue weighted by molar-refractivity contribution is 7.99. The van der Waals surface area contributed by atoms with Gasteiger partial charge in [0, 0.05) is 6.04 Å². The minimum Gasteiger partial charge on any atom is -0.353 e. The Morgan fingerprint density at radius 1 is 1.58 bits per heavy atom. The van der Waals surface area contributed by atoms with Crippen molar-refractivity contribution in [3.8, 4) is 10.7 Å². The first-order valence-electron chi connectivity index (χ1n) is 5.74. The predicted molar refractivity (Wildman–Crippen MR) is 77.5 cm³/mol. The molecule has 0 aromatic carbocycles. The van der Waals surface area contributed by atoms with Crippen molar-refractivity contribution >= 4 is 29.0 Å². The molecule has 2 aromatic heterocycles. The molecule has 0 unspecified atom stereocenters. The van der Waals surface area contributed by atoms with Gasteiger partial charge in [-0.05, 0) is 25.3 Å². The highest BCUT2D eigenvalue weighted by Gasteiger charge is 2.14. The molecule has 0 atom stereocenters. The Morgan fingerprint density at radius 2 is 2.37 bits per heavy atom. The van der Waals surface area contributed by atoms with Crippen LogP contribution in [0.1, 0.15) is 13.8 Å². The van der Waals surface area contributed by atoms with Gasteiger partial charge < -0.3 is 11.2 Å². The van der Waals surface area contributed by atoms with Crippen LogP contribution in [0.15, 0.2) is 22.7 Å². The van der Waals surface area contributed by atoms with Gasteiger partial charge in [0.1, 0.15) is 0 Å². The largest absolute Gasteiger partial charge is 0.353 e. The van der Waals surface area contributed by atoms with Gasteiger partial charge >= 0.3 is 0 Å². The number of nitrogen functional groups attached to an aromatic ring is 1. The molecule has 8 heteroatoms. The van der Waals surface area contributed by atoms with Crippen LogP contribution in [0.2, 0.25) is 0 Å². The first kappa shape index (κ1) is 13.9. The van der Waals surface area contributed by atoms with Crippen LogP contribution in [0.3, 0.4) is 0 Å². The van der Waals surface area contributed by atoms with Gasteiger partial charge in [0.25, 0.3) is 0 Å². The summed E-state index contributed by atoms with van der Waals surface area (Å²) in [4.78, 5) is 12.5. The summed E-state index contributed by atoms with van der Waals surface area (Å²) in [5.74, 6) is 6.78. The number of nitrogens with two attached hydrogens (primary N) is 1. The highest BCUT2D eigenvalue weighted by atomic mass is 32.2. The Labute approximate surface area is 119 Å². The third-order valence-electron chi connectivity index (χ3n) is 2.19. The summed E-state index contributed by atoms with van der Waals surface area (Å²) < 4.78 is 1.42. The SMILES string of the molecule is CC(C)NC(=O)CSc1nnc(-c2cccs2)n1N. The van der Waals surface area contributed by atoms with Crippen molar-refractivity contribution in [3.05, 3.63) is 17.5 Å². The van der Waals surface area contributed by atoms with E-state index in [1.807, 2.05) is 31.4 Å². The molecular weight excluding hydrogens is 282 g/mol. The number of aromatic nitrogens is 3. The first-order valence-corrected chi connectivity index (χ1v) is 7.61. The number of nitrogens with zero attached hydrogens (tertiary/aromatic N) is 3. The summed E-state index contributed by atoms with van der Waals surface area (Å²) >= 11 is 2.82. The Balaban J connectivity index is 2.01. The first-order chi connectivity index (χ1) is 9.08. The summed E-state index contributed by atoms with van der Waals surface area (Å²) in [5.41, 5.74) is 0. The molecule has 0 spiro atoms. The fraction of sp³-hybridized carbons (Fsp3) is 0.364. The van der Waals surface area contributed by atoms with E-state index in [1.165, 1.54) is 16.4 Å². The molecule has 0 bridgehead atoms. The molecule has 3 N–H and O–H groups in total. The van der Waals surface area contributed by atoms with Gasteiger partial charge in [0.15, 0.2) is 5.82 Å². The van der Waals surface area contributed by atoms with E-state index >= 15 is 0 Å². The molecule has 0 aliphatic heterocycles. The maximum Gasteiger partial charge on any atom is 0.230 e. The molecule has 2 heterocycles. The van der Waals surface area contributed by atoms with Gasteiger partial charge in [-0.15, -0.1) is 21.5 Å². The van der Waals surface area contributed by atoms with E-state index in [9.17, 15) is 4.79 Å². The lowest BCUT2D eigenvalue weighted by Gasteiger charge is -2.07. The fourth-order valence-electron chi connectivity index (χ4n) is 1.44. The van der Waals surface area contributed by atoms with Crippen LogP contribution in [0, 0.1) is 0 Å². The fourth-order valence-corrected chi connectivity index (χ4v) is 2.82. The van der Waals surface area contributed by atoms with Crippen LogP contribution in [0.25, 0.3) is 10.7 Å². The van der Waals surface area contributed by atoms with Crippen molar-refractivity contribution in [3.63, 3.8) is 0 Å². The van der Waals surface area contributed by atoms with Gasteiger partial charge in [-0.1, -0.05) is 17.8 Å². The van der Waals surface area contributed by atoms with Gasteiger partial charge in [-0.3, -0.25) is 4.79 Å². The van der Waals surface area contributed by atoms with Gasteiger partial charge in [0.2, 0.25) is 11.1 Å². The number of amides is 1. The van der Waals surface area contributed by atoms with Crippen molar-refractivity contribution < 1.29 is 4.79 Å². The number of carbonyl (C=O) groups excluding carboxylic acids is 1. The molecule has 1 amide bonds. The van der Waals surface area contributed by atoms with E-state index in [1.54, 1.807) is 11.3 Å². The normalized spacial score (nSPS) is 10.9. The number of hydrogen-bond donors (Lipinski definition) is 2. The average molecular weight is 297 g/mol. The van der Waals surface area contributed by atoms with E-state index in [2.05, 4.69) is 15.5 Å². The molecule has 0 aliphatic rings. The lowest BCUT2D eigenvalue weighted by molar-refractivity contribution is -0.119. The highest BCUT2D eigenvalue weighted by Crippen LogP contribution is 2.24. The van der Waals surface area contributed by atoms with Gasteiger partial charge in [-0.25, -0.2) is 4.68 Å². The molecule has 2 aromatic rings. The summed E-state index contributed by atoms with van der Waals surface area (Å²) in [6, 6.07) is 3.99. The van der Waals surface area contributed by atoms with Crippen molar-refractivity contribution in [1.82, 2.24) is 20.2 Å². The maximum absolute atomic E-state index is 11.5. The van der Waals surface area contributed by atoms with E-state index in [0.717, 1.165) is 4.88 Å². The van der Waals surface area contributed by atoms with Crippen LogP contribution in [-0.2, 0) is 4.79 Å². The molecule has 0 saturated heterocycles. The molecule has 2 rings (SSSR count). The minimum absolute atomic E-state index is 0.0410. The second-order valence-corrected chi connectivity index (χ2v) is 6.05. The molecule has 102 valence electrons. The van der Waals surface area contributed by atoms with E-state index < -0.39 is 0 Å². The molecule has 6 nitrogen and oxygen atoms in total. The second-order valence-electron chi connectivity index (χ2n) is 4.16. The number of nitrogens with one attached hydrogen (secondary N) is 1. The number of rotatable bonds is 5. The summed E-state index contributed by atoms with van der Waals surface area (Å²) in [6.07, 6.45) is 0. The van der Waals surface area contributed by atoms with Gasteiger partial charge in [-0.2, -0.15) is 0 Å². The smallest absolute Gasteiger partial charge is 0.230 e. The summed E-state index contributed by atoms with van der Waals surface area (Å²) in [5, 5.41) is 13.3. The van der Waals surface area contributed by atoms with E-state index in [4.69, 9.17) is 5.84 Å². The number of hydrogen-bond acceptors (Lipinski definition) is 6. The van der Waals surface area contributed by atoms with Crippen LogP contribution in [0.5, 0.6) is 0 Å². The molecule has 0 radical (unpaired) electrons. The molecule has 0 fully saturated rings. The van der Waals surface area contributed by atoms with Crippen molar-refractivity contribution in [2.24, 2.45) is 0 Å². The monoisotopic (exact) mass is 297 g/mol. The average Bonchev–Trinajstić information content (AvgIpc) is 2.95. The zero-order chi connectivity index (χ0) is 13.8. The standard InChI is InChI=1S/C11H15N5OS2/c1-7(2)13-9(17)6-19-11-15-14-10(16(11)12)8-4-3-5-18-8/h3-5,7H,6,12H2,1-2H3,(H,13,17). The third kappa shape index (κ3) is 3.48. The Hall–Kier alpha value is -1.54. The van der Waals surface area contributed by atoms with Crippen molar-refractivity contribution in [2.45, 2.75) is 25.0 Å². The van der Waals surface area contributed by atoms with Crippen LogP contribution in [-0.4, -0.2) is 32.6 Å². The van der Waals surface area contributed by atoms with E-state index in [-0.39, 0.29) is 17.7 Å². The predicted octanol–water partition coefficient (Wildman–Crippen LogP) is 1.34. The van der Waals surface area contributed by atoms with Crippen LogP contribution >= 0.6 is 23.1 Å². The molecule has 0 aliphatic carbocycles. The summed E-state index contributed by atoms with van der Waals surface area (Å²) in [7, 11) is 0.